The Hall–Kier alpha value is -2.58. The van der Waals surface area contributed by atoms with Crippen molar-refractivity contribution in [2.45, 2.75) is 0 Å². The molecule has 1 aliphatic heterocycles. The summed E-state index contributed by atoms with van der Waals surface area (Å²) in [6.07, 6.45) is 3.27. The minimum atomic E-state index is -0.194. The molecule has 0 atom stereocenters. The van der Waals surface area contributed by atoms with Gasteiger partial charge in [0.25, 0.3) is 5.91 Å². The third-order valence-corrected chi connectivity index (χ3v) is 3.60. The van der Waals surface area contributed by atoms with Crippen LogP contribution in [-0.4, -0.2) is 65.2 Å². The molecule has 2 N–H and O–H groups in total. The van der Waals surface area contributed by atoms with Crippen LogP contribution in [0.1, 0.15) is 10.5 Å². The molecular weight excluding hydrogens is 308 g/mol. The third kappa shape index (κ3) is 4.71. The molecule has 24 heavy (non-hydrogen) atoms. The van der Waals surface area contributed by atoms with E-state index in [2.05, 4.69) is 30.5 Å². The molecule has 3 heterocycles. The maximum absolute atomic E-state index is 12.2. The van der Waals surface area contributed by atoms with Crippen LogP contribution < -0.4 is 10.6 Å². The highest BCUT2D eigenvalue weighted by Gasteiger charge is 2.12. The Labute approximate surface area is 140 Å². The normalized spacial score (nSPS) is 15.0. The van der Waals surface area contributed by atoms with Gasteiger partial charge in [-0.05, 0) is 18.2 Å². The van der Waals surface area contributed by atoms with E-state index >= 15 is 0 Å². The molecule has 1 amide bonds. The van der Waals surface area contributed by atoms with E-state index in [-0.39, 0.29) is 5.91 Å². The molecule has 0 unspecified atom stereocenters. The number of anilines is 2. The Morgan fingerprint density at radius 1 is 1.17 bits per heavy atom. The van der Waals surface area contributed by atoms with Crippen LogP contribution in [0, 0.1) is 0 Å². The maximum atomic E-state index is 12.2. The molecule has 0 saturated carbocycles. The van der Waals surface area contributed by atoms with Gasteiger partial charge in [0.15, 0.2) is 0 Å². The predicted octanol–water partition coefficient (Wildman–Crippen LogP) is 0.677. The topological polar surface area (TPSA) is 92.3 Å². The number of amides is 1. The summed E-state index contributed by atoms with van der Waals surface area (Å²) in [7, 11) is 0. The summed E-state index contributed by atoms with van der Waals surface area (Å²) < 4.78 is 5.30. The summed E-state index contributed by atoms with van der Waals surface area (Å²) in [5.41, 5.74) is 0.359. The van der Waals surface area contributed by atoms with Gasteiger partial charge in [0.2, 0.25) is 5.95 Å². The Morgan fingerprint density at radius 3 is 2.75 bits per heavy atom. The summed E-state index contributed by atoms with van der Waals surface area (Å²) in [4.78, 5) is 26.9. The van der Waals surface area contributed by atoms with E-state index in [0.29, 0.717) is 24.0 Å². The van der Waals surface area contributed by atoms with Crippen LogP contribution in [0.4, 0.5) is 11.8 Å². The monoisotopic (exact) mass is 328 g/mol. The van der Waals surface area contributed by atoms with E-state index in [4.69, 9.17) is 4.74 Å². The molecule has 8 nitrogen and oxygen atoms in total. The van der Waals surface area contributed by atoms with Crippen molar-refractivity contribution >= 4 is 17.7 Å². The van der Waals surface area contributed by atoms with Gasteiger partial charge in [-0.15, -0.1) is 0 Å². The molecule has 2 aromatic heterocycles. The van der Waals surface area contributed by atoms with Crippen molar-refractivity contribution in [3.63, 3.8) is 0 Å². The Bertz CT molecular complexity index is 661. The number of hydrogen-bond donors (Lipinski definition) is 2. The summed E-state index contributed by atoms with van der Waals surface area (Å²) in [5, 5.41) is 5.87. The van der Waals surface area contributed by atoms with Gasteiger partial charge in [-0.3, -0.25) is 9.69 Å². The average molecular weight is 328 g/mol. The minimum Gasteiger partial charge on any atom is -0.379 e. The first-order valence-corrected chi connectivity index (χ1v) is 7.91. The van der Waals surface area contributed by atoms with Crippen LogP contribution in [0.5, 0.6) is 0 Å². The van der Waals surface area contributed by atoms with Gasteiger partial charge >= 0.3 is 0 Å². The van der Waals surface area contributed by atoms with E-state index in [1.807, 2.05) is 0 Å². The minimum absolute atomic E-state index is 0.194. The van der Waals surface area contributed by atoms with Gasteiger partial charge in [-0.2, -0.15) is 0 Å². The van der Waals surface area contributed by atoms with E-state index < -0.39 is 0 Å². The summed E-state index contributed by atoms with van der Waals surface area (Å²) in [6, 6.07) is 6.95. The van der Waals surface area contributed by atoms with Crippen molar-refractivity contribution in [1.82, 2.24) is 25.2 Å². The first-order valence-electron chi connectivity index (χ1n) is 7.91. The first-order chi connectivity index (χ1) is 11.8. The number of nitrogens with one attached hydrogen (secondary N) is 2. The summed E-state index contributed by atoms with van der Waals surface area (Å²) in [5.74, 6) is 0.776. The predicted molar refractivity (Wildman–Crippen MR) is 89.1 cm³/mol. The van der Waals surface area contributed by atoms with Crippen molar-refractivity contribution in [1.29, 1.82) is 0 Å². The summed E-state index contributed by atoms with van der Waals surface area (Å²) >= 11 is 0. The lowest BCUT2D eigenvalue weighted by Crippen LogP contribution is -2.41. The second-order valence-corrected chi connectivity index (χ2v) is 5.32. The fourth-order valence-electron chi connectivity index (χ4n) is 2.35. The lowest BCUT2D eigenvalue weighted by Gasteiger charge is -2.26. The number of morpholine rings is 1. The van der Waals surface area contributed by atoms with Crippen molar-refractivity contribution in [2.24, 2.45) is 0 Å². The molecule has 3 rings (SSSR count). The van der Waals surface area contributed by atoms with Gasteiger partial charge in [0.05, 0.1) is 13.2 Å². The third-order valence-electron chi connectivity index (χ3n) is 3.60. The van der Waals surface area contributed by atoms with Gasteiger partial charge in [0, 0.05) is 38.6 Å². The van der Waals surface area contributed by atoms with E-state index in [1.165, 1.54) is 0 Å². The molecule has 8 heteroatoms. The second-order valence-electron chi connectivity index (χ2n) is 5.32. The van der Waals surface area contributed by atoms with Crippen LogP contribution in [0.15, 0.2) is 36.7 Å². The number of aromatic nitrogens is 3. The molecule has 0 spiro atoms. The lowest BCUT2D eigenvalue weighted by atomic mass is 10.3. The van der Waals surface area contributed by atoms with Gasteiger partial charge in [-0.25, -0.2) is 15.0 Å². The SMILES string of the molecule is O=C(NCCN1CCOCC1)c1cccc(Nc2ncccn2)n1. The molecule has 1 aliphatic rings. The molecular formula is C16H20N6O2. The van der Waals surface area contributed by atoms with E-state index in [1.54, 1.807) is 36.7 Å². The van der Waals surface area contributed by atoms with Crippen molar-refractivity contribution in [2.75, 3.05) is 44.7 Å². The highest BCUT2D eigenvalue weighted by molar-refractivity contribution is 5.92. The number of nitrogens with zero attached hydrogens (tertiary/aromatic N) is 4. The quantitative estimate of drug-likeness (QED) is 0.805. The zero-order chi connectivity index (χ0) is 16.6. The Balaban J connectivity index is 1.52. The van der Waals surface area contributed by atoms with Crippen LogP contribution in [0.2, 0.25) is 0 Å². The standard InChI is InChI=1S/C16H20N6O2/c23-15(17-7-8-22-9-11-24-12-10-22)13-3-1-4-14(20-13)21-16-18-5-2-6-19-16/h1-6H,7-12H2,(H,17,23)(H,18,19,20,21). The Kier molecular flexibility index (Phi) is 5.65. The number of pyridine rings is 1. The molecule has 1 fully saturated rings. The maximum Gasteiger partial charge on any atom is 0.270 e. The highest BCUT2D eigenvalue weighted by Crippen LogP contribution is 2.09. The molecule has 1 saturated heterocycles. The van der Waals surface area contributed by atoms with Crippen molar-refractivity contribution in [3.8, 4) is 0 Å². The Morgan fingerprint density at radius 2 is 1.96 bits per heavy atom. The van der Waals surface area contributed by atoms with Crippen LogP contribution >= 0.6 is 0 Å². The molecule has 0 aliphatic carbocycles. The second kappa shape index (κ2) is 8.32. The summed E-state index contributed by atoms with van der Waals surface area (Å²) in [6.45, 7) is 4.72. The van der Waals surface area contributed by atoms with Gasteiger partial charge in [-0.1, -0.05) is 6.07 Å². The molecule has 126 valence electrons. The molecule has 0 aromatic carbocycles. The first kappa shape index (κ1) is 16.3. The zero-order valence-corrected chi connectivity index (χ0v) is 13.3. The van der Waals surface area contributed by atoms with Gasteiger partial charge < -0.3 is 15.4 Å². The van der Waals surface area contributed by atoms with E-state index in [9.17, 15) is 4.79 Å². The van der Waals surface area contributed by atoms with Gasteiger partial charge in [0.1, 0.15) is 11.5 Å². The number of rotatable bonds is 6. The number of hydrogen-bond acceptors (Lipinski definition) is 7. The molecule has 2 aromatic rings. The smallest absolute Gasteiger partial charge is 0.270 e. The van der Waals surface area contributed by atoms with Crippen molar-refractivity contribution in [3.05, 3.63) is 42.4 Å². The number of carbonyl (C=O) groups is 1. The van der Waals surface area contributed by atoms with Crippen LogP contribution in [0.3, 0.4) is 0 Å². The number of ether oxygens (including phenoxy) is 1. The average Bonchev–Trinajstić information content (AvgIpc) is 2.64. The lowest BCUT2D eigenvalue weighted by molar-refractivity contribution is 0.0383. The van der Waals surface area contributed by atoms with Crippen LogP contribution in [0.25, 0.3) is 0 Å². The zero-order valence-electron chi connectivity index (χ0n) is 13.3. The number of carbonyl (C=O) groups excluding carboxylic acids is 1. The fourth-order valence-corrected chi connectivity index (χ4v) is 2.35. The van der Waals surface area contributed by atoms with E-state index in [0.717, 1.165) is 32.8 Å². The highest BCUT2D eigenvalue weighted by atomic mass is 16.5. The molecule has 0 radical (unpaired) electrons. The van der Waals surface area contributed by atoms with Crippen molar-refractivity contribution < 1.29 is 9.53 Å². The largest absolute Gasteiger partial charge is 0.379 e. The molecule has 0 bridgehead atoms. The fraction of sp³-hybridized carbons (Fsp3) is 0.375. The van der Waals surface area contributed by atoms with Crippen LogP contribution in [-0.2, 0) is 4.74 Å².